The van der Waals surface area contributed by atoms with Gasteiger partial charge in [0.25, 0.3) is 5.91 Å². The maximum atomic E-state index is 13.7. The van der Waals surface area contributed by atoms with Crippen LogP contribution in [0.5, 0.6) is 0 Å². The molecule has 0 fully saturated rings. The second kappa shape index (κ2) is 6.99. The van der Waals surface area contributed by atoms with Crippen LogP contribution in [0.15, 0.2) is 48.5 Å². The molecule has 0 saturated heterocycles. The van der Waals surface area contributed by atoms with E-state index in [1.807, 2.05) is 12.1 Å². The number of halogens is 1. The summed E-state index contributed by atoms with van der Waals surface area (Å²) in [6.07, 6.45) is 0.785. The molecular weight excluding hydrogens is 267 g/mol. The highest BCUT2D eigenvalue weighted by Gasteiger charge is 2.14. The monoisotopic (exact) mass is 286 g/mol. The predicted octanol–water partition coefficient (Wildman–Crippen LogP) is 2.82. The predicted molar refractivity (Wildman–Crippen MR) is 81.5 cm³/mol. The Kier molecular flexibility index (Phi) is 5.06. The summed E-state index contributed by atoms with van der Waals surface area (Å²) in [4.78, 5) is 12.2. The van der Waals surface area contributed by atoms with Crippen molar-refractivity contribution in [1.82, 2.24) is 5.32 Å². The highest BCUT2D eigenvalue weighted by atomic mass is 19.1. The van der Waals surface area contributed by atoms with E-state index in [4.69, 9.17) is 5.73 Å². The van der Waals surface area contributed by atoms with E-state index < -0.39 is 0 Å². The number of hydrogen-bond donors (Lipinski definition) is 2. The van der Waals surface area contributed by atoms with E-state index in [1.165, 1.54) is 6.07 Å². The van der Waals surface area contributed by atoms with Gasteiger partial charge in [-0.1, -0.05) is 30.3 Å². The second-order valence-electron chi connectivity index (χ2n) is 4.95. The molecule has 1 unspecified atom stereocenters. The Morgan fingerprint density at radius 2 is 1.86 bits per heavy atom. The van der Waals surface area contributed by atoms with Crippen LogP contribution in [0, 0.1) is 5.82 Å². The van der Waals surface area contributed by atoms with Crippen molar-refractivity contribution in [3.63, 3.8) is 0 Å². The zero-order chi connectivity index (χ0) is 15.2. The summed E-state index contributed by atoms with van der Waals surface area (Å²) in [5.41, 5.74) is 7.61. The van der Waals surface area contributed by atoms with Gasteiger partial charge in [-0.05, 0) is 43.7 Å². The first-order chi connectivity index (χ1) is 10.1. The fourth-order valence-corrected chi connectivity index (χ4v) is 2.17. The third kappa shape index (κ3) is 3.89. The minimum Gasteiger partial charge on any atom is -0.345 e. The quantitative estimate of drug-likeness (QED) is 0.888. The second-order valence-corrected chi connectivity index (χ2v) is 4.95. The number of amides is 1. The molecule has 3 nitrogen and oxygen atoms in total. The SMILES string of the molecule is CC(NC(=O)c1ccc(CCN)cc1)c1ccccc1F. The minimum atomic E-state index is -0.387. The zero-order valence-corrected chi connectivity index (χ0v) is 12.0. The van der Waals surface area contributed by atoms with E-state index in [2.05, 4.69) is 5.32 Å². The molecular formula is C17H19FN2O. The van der Waals surface area contributed by atoms with Gasteiger partial charge in [-0.2, -0.15) is 0 Å². The molecule has 1 atom stereocenters. The maximum Gasteiger partial charge on any atom is 0.251 e. The van der Waals surface area contributed by atoms with Crippen LogP contribution in [0.1, 0.15) is 34.5 Å². The van der Waals surface area contributed by atoms with Crippen molar-refractivity contribution in [3.05, 3.63) is 71.0 Å². The van der Waals surface area contributed by atoms with Crippen molar-refractivity contribution in [1.29, 1.82) is 0 Å². The lowest BCUT2D eigenvalue weighted by Gasteiger charge is -2.15. The van der Waals surface area contributed by atoms with Crippen molar-refractivity contribution >= 4 is 5.91 Å². The van der Waals surface area contributed by atoms with E-state index in [0.717, 1.165) is 12.0 Å². The van der Waals surface area contributed by atoms with Crippen LogP contribution in [0.4, 0.5) is 4.39 Å². The van der Waals surface area contributed by atoms with Crippen molar-refractivity contribution in [2.75, 3.05) is 6.54 Å². The Morgan fingerprint density at radius 1 is 1.19 bits per heavy atom. The molecule has 0 radical (unpaired) electrons. The van der Waals surface area contributed by atoms with Crippen molar-refractivity contribution in [3.8, 4) is 0 Å². The van der Waals surface area contributed by atoms with Crippen LogP contribution in [-0.4, -0.2) is 12.5 Å². The van der Waals surface area contributed by atoms with Gasteiger partial charge in [0.05, 0.1) is 6.04 Å². The number of rotatable bonds is 5. The summed E-state index contributed by atoms with van der Waals surface area (Å²) in [7, 11) is 0. The molecule has 0 spiro atoms. The van der Waals surface area contributed by atoms with Gasteiger partial charge in [-0.15, -0.1) is 0 Å². The summed E-state index contributed by atoms with van der Waals surface area (Å²) >= 11 is 0. The lowest BCUT2D eigenvalue weighted by atomic mass is 10.1. The third-order valence-corrected chi connectivity index (χ3v) is 3.37. The first-order valence-electron chi connectivity index (χ1n) is 6.96. The minimum absolute atomic E-state index is 0.218. The number of carbonyl (C=O) groups is 1. The average molecular weight is 286 g/mol. The van der Waals surface area contributed by atoms with E-state index in [-0.39, 0.29) is 17.8 Å². The Morgan fingerprint density at radius 3 is 2.48 bits per heavy atom. The van der Waals surface area contributed by atoms with Crippen LogP contribution in [0.25, 0.3) is 0 Å². The van der Waals surface area contributed by atoms with Gasteiger partial charge < -0.3 is 11.1 Å². The van der Waals surface area contributed by atoms with Crippen LogP contribution in [-0.2, 0) is 6.42 Å². The van der Waals surface area contributed by atoms with Gasteiger partial charge in [0, 0.05) is 11.1 Å². The van der Waals surface area contributed by atoms with Gasteiger partial charge >= 0.3 is 0 Å². The van der Waals surface area contributed by atoms with Crippen LogP contribution in [0.2, 0.25) is 0 Å². The normalized spacial score (nSPS) is 12.0. The van der Waals surface area contributed by atoms with Gasteiger partial charge in [-0.3, -0.25) is 4.79 Å². The number of benzene rings is 2. The lowest BCUT2D eigenvalue weighted by molar-refractivity contribution is 0.0939. The maximum absolute atomic E-state index is 13.7. The fraction of sp³-hybridized carbons (Fsp3) is 0.235. The van der Waals surface area contributed by atoms with Crippen LogP contribution in [0.3, 0.4) is 0 Å². The molecule has 0 heterocycles. The van der Waals surface area contributed by atoms with E-state index >= 15 is 0 Å². The Balaban J connectivity index is 2.05. The summed E-state index contributed by atoms with van der Waals surface area (Å²) < 4.78 is 13.7. The lowest BCUT2D eigenvalue weighted by Crippen LogP contribution is -2.27. The van der Waals surface area contributed by atoms with Crippen molar-refractivity contribution in [2.24, 2.45) is 5.73 Å². The standard InChI is InChI=1S/C17H19FN2O/c1-12(15-4-2-3-5-16(15)18)20-17(21)14-8-6-13(7-9-14)10-11-19/h2-9,12H,10-11,19H2,1H3,(H,20,21). The molecule has 2 aromatic rings. The smallest absolute Gasteiger partial charge is 0.251 e. The van der Waals surface area contributed by atoms with Crippen LogP contribution >= 0.6 is 0 Å². The van der Waals surface area contributed by atoms with Gasteiger partial charge in [0.2, 0.25) is 0 Å². The molecule has 0 aliphatic rings. The molecule has 4 heteroatoms. The molecule has 0 aromatic heterocycles. The van der Waals surface area contributed by atoms with Gasteiger partial charge in [0.1, 0.15) is 5.82 Å². The van der Waals surface area contributed by atoms with Crippen molar-refractivity contribution < 1.29 is 9.18 Å². The highest BCUT2D eigenvalue weighted by Crippen LogP contribution is 2.16. The highest BCUT2D eigenvalue weighted by molar-refractivity contribution is 5.94. The van der Waals surface area contributed by atoms with Crippen molar-refractivity contribution in [2.45, 2.75) is 19.4 Å². The number of hydrogen-bond acceptors (Lipinski definition) is 2. The largest absolute Gasteiger partial charge is 0.345 e. The number of nitrogens with two attached hydrogens (primary N) is 1. The molecule has 2 rings (SSSR count). The zero-order valence-electron chi connectivity index (χ0n) is 12.0. The first-order valence-corrected chi connectivity index (χ1v) is 6.96. The summed E-state index contributed by atoms with van der Waals surface area (Å²) in [5, 5.41) is 2.80. The topological polar surface area (TPSA) is 55.1 Å². The summed E-state index contributed by atoms with van der Waals surface area (Å²) in [5.74, 6) is -0.534. The Bertz CT molecular complexity index is 610. The Labute approximate surface area is 124 Å². The summed E-state index contributed by atoms with van der Waals surface area (Å²) in [6.45, 7) is 2.34. The molecule has 2 aromatic carbocycles. The van der Waals surface area contributed by atoms with Gasteiger partial charge in [-0.25, -0.2) is 4.39 Å². The van der Waals surface area contributed by atoms with E-state index in [9.17, 15) is 9.18 Å². The Hall–Kier alpha value is -2.20. The average Bonchev–Trinajstić information content (AvgIpc) is 2.48. The molecule has 1 amide bonds. The molecule has 0 bridgehead atoms. The van der Waals surface area contributed by atoms with Gasteiger partial charge in [0.15, 0.2) is 0 Å². The molecule has 110 valence electrons. The molecule has 21 heavy (non-hydrogen) atoms. The number of nitrogens with one attached hydrogen (secondary N) is 1. The fourth-order valence-electron chi connectivity index (χ4n) is 2.17. The molecule has 0 aliphatic heterocycles. The third-order valence-electron chi connectivity index (χ3n) is 3.37. The van der Waals surface area contributed by atoms with Crippen LogP contribution < -0.4 is 11.1 Å². The van der Waals surface area contributed by atoms with E-state index in [1.54, 1.807) is 37.3 Å². The molecule has 0 saturated carbocycles. The molecule has 3 N–H and O–H groups in total. The molecule has 0 aliphatic carbocycles. The number of carbonyl (C=O) groups excluding carboxylic acids is 1. The summed E-state index contributed by atoms with van der Waals surface area (Å²) in [6, 6.07) is 13.3. The first kappa shape index (κ1) is 15.2. The van der Waals surface area contributed by atoms with E-state index in [0.29, 0.717) is 17.7 Å².